The number of nitrogens with one attached hydrogen (secondary N) is 1. The van der Waals surface area contributed by atoms with Crippen molar-refractivity contribution in [3.63, 3.8) is 0 Å². The van der Waals surface area contributed by atoms with Crippen LogP contribution in [0, 0.1) is 11.8 Å². The summed E-state index contributed by atoms with van der Waals surface area (Å²) in [6.45, 7) is 7.13. The molecule has 21 heavy (non-hydrogen) atoms. The summed E-state index contributed by atoms with van der Waals surface area (Å²) < 4.78 is 4.74. The minimum absolute atomic E-state index is 0.0254. The number of methoxy groups -OCH3 is 1. The van der Waals surface area contributed by atoms with Gasteiger partial charge in [-0.25, -0.2) is 4.79 Å². The summed E-state index contributed by atoms with van der Waals surface area (Å²) in [6.07, 6.45) is 1.53. The van der Waals surface area contributed by atoms with Crippen LogP contribution in [-0.2, 0) is 14.3 Å². The molecular formula is C15H28N2O4. The molecule has 0 aliphatic carbocycles. The van der Waals surface area contributed by atoms with Crippen molar-refractivity contribution in [2.75, 3.05) is 26.8 Å². The smallest absolute Gasteiger partial charge is 0.328 e. The summed E-state index contributed by atoms with van der Waals surface area (Å²) in [5.74, 6) is 0.0606. The van der Waals surface area contributed by atoms with Crippen molar-refractivity contribution in [3.05, 3.63) is 0 Å². The third kappa shape index (κ3) is 5.28. The van der Waals surface area contributed by atoms with Gasteiger partial charge < -0.3 is 15.2 Å². The number of hydrogen-bond donors (Lipinski definition) is 2. The number of aliphatic hydroxyl groups excluding tert-OH is 1. The maximum Gasteiger partial charge on any atom is 0.328 e. The summed E-state index contributed by atoms with van der Waals surface area (Å²) in [7, 11) is 1.33. The van der Waals surface area contributed by atoms with E-state index in [1.807, 2.05) is 18.7 Å². The first-order valence-electron chi connectivity index (χ1n) is 7.61. The highest BCUT2D eigenvalue weighted by Crippen LogP contribution is 2.22. The lowest BCUT2D eigenvalue weighted by Gasteiger charge is -2.25. The molecule has 2 N–H and O–H groups in total. The van der Waals surface area contributed by atoms with Gasteiger partial charge in [-0.3, -0.25) is 9.69 Å². The summed E-state index contributed by atoms with van der Waals surface area (Å²) in [5.41, 5.74) is 0. The minimum atomic E-state index is -0.602. The summed E-state index contributed by atoms with van der Waals surface area (Å²) >= 11 is 0. The van der Waals surface area contributed by atoms with Crippen LogP contribution < -0.4 is 5.32 Å². The monoisotopic (exact) mass is 300 g/mol. The highest BCUT2D eigenvalue weighted by Gasteiger charge is 2.32. The number of aliphatic hydroxyl groups is 1. The molecule has 0 aromatic rings. The molecule has 1 aliphatic heterocycles. The van der Waals surface area contributed by atoms with E-state index in [1.54, 1.807) is 0 Å². The fourth-order valence-corrected chi connectivity index (χ4v) is 2.83. The van der Waals surface area contributed by atoms with E-state index in [0.717, 1.165) is 13.0 Å². The number of likely N-dealkylation sites (tertiary alicyclic amines) is 1. The van der Waals surface area contributed by atoms with Crippen LogP contribution in [0.1, 0.15) is 33.6 Å². The quantitative estimate of drug-likeness (QED) is 0.665. The number of carbonyl (C=O) groups excluding carboxylic acids is 2. The Bertz CT molecular complexity index is 360. The van der Waals surface area contributed by atoms with Gasteiger partial charge in [0.25, 0.3) is 0 Å². The van der Waals surface area contributed by atoms with Crippen molar-refractivity contribution in [1.29, 1.82) is 0 Å². The van der Waals surface area contributed by atoms with Crippen LogP contribution >= 0.6 is 0 Å². The van der Waals surface area contributed by atoms with E-state index in [2.05, 4.69) is 12.2 Å². The first-order chi connectivity index (χ1) is 9.88. The van der Waals surface area contributed by atoms with Gasteiger partial charge in [-0.1, -0.05) is 20.8 Å². The first kappa shape index (κ1) is 17.9. The van der Waals surface area contributed by atoms with E-state index in [0.29, 0.717) is 12.3 Å². The molecule has 1 heterocycles. The molecule has 1 aliphatic rings. The minimum Gasteiger partial charge on any atom is -0.467 e. The molecule has 0 aromatic heterocycles. The summed E-state index contributed by atoms with van der Waals surface area (Å²) in [5, 5.41) is 12.1. The van der Waals surface area contributed by atoms with Crippen LogP contribution in [0.15, 0.2) is 0 Å². The number of amides is 1. The molecular weight excluding hydrogens is 272 g/mol. The molecule has 1 fully saturated rings. The van der Waals surface area contributed by atoms with Crippen LogP contribution in [0.4, 0.5) is 0 Å². The van der Waals surface area contributed by atoms with E-state index in [9.17, 15) is 14.7 Å². The molecule has 1 rings (SSSR count). The molecule has 0 spiro atoms. The second-order valence-electron chi connectivity index (χ2n) is 6.26. The van der Waals surface area contributed by atoms with Gasteiger partial charge in [-0.05, 0) is 31.2 Å². The molecule has 0 aromatic carbocycles. The van der Waals surface area contributed by atoms with Crippen LogP contribution in [0.25, 0.3) is 0 Å². The van der Waals surface area contributed by atoms with Crippen molar-refractivity contribution in [1.82, 2.24) is 10.2 Å². The van der Waals surface area contributed by atoms with Gasteiger partial charge in [0.05, 0.1) is 20.3 Å². The lowest BCUT2D eigenvalue weighted by molar-refractivity contribution is -0.145. The lowest BCUT2D eigenvalue weighted by Crippen LogP contribution is -2.48. The van der Waals surface area contributed by atoms with Gasteiger partial charge in [0.2, 0.25) is 5.91 Å². The molecule has 1 amide bonds. The third-order valence-corrected chi connectivity index (χ3v) is 4.06. The van der Waals surface area contributed by atoms with Gasteiger partial charge >= 0.3 is 5.97 Å². The molecule has 6 heteroatoms. The summed E-state index contributed by atoms with van der Waals surface area (Å²) in [4.78, 5) is 25.8. The molecule has 1 saturated heterocycles. The lowest BCUT2D eigenvalue weighted by atomic mass is 10.0. The predicted octanol–water partition coefficient (Wildman–Crippen LogP) is 0.393. The number of nitrogens with zero attached hydrogens (tertiary/aromatic N) is 1. The Balaban J connectivity index is 2.55. The van der Waals surface area contributed by atoms with Gasteiger partial charge in [-0.2, -0.15) is 0 Å². The molecule has 6 nitrogen and oxygen atoms in total. The first-order valence-corrected chi connectivity index (χ1v) is 7.61. The van der Waals surface area contributed by atoms with Gasteiger partial charge in [0.1, 0.15) is 6.04 Å². The zero-order chi connectivity index (χ0) is 16.0. The number of rotatable bonds is 7. The van der Waals surface area contributed by atoms with Crippen molar-refractivity contribution in [2.24, 2.45) is 11.8 Å². The van der Waals surface area contributed by atoms with Gasteiger partial charge in [0.15, 0.2) is 0 Å². The molecule has 0 radical (unpaired) electrons. The van der Waals surface area contributed by atoms with E-state index >= 15 is 0 Å². The Morgan fingerprint density at radius 2 is 2.10 bits per heavy atom. The average molecular weight is 300 g/mol. The predicted molar refractivity (Wildman–Crippen MR) is 79.6 cm³/mol. The number of esters is 1. The largest absolute Gasteiger partial charge is 0.467 e. The van der Waals surface area contributed by atoms with Gasteiger partial charge in [0, 0.05) is 6.04 Å². The molecule has 3 atom stereocenters. The Hall–Kier alpha value is -1.14. The van der Waals surface area contributed by atoms with Crippen molar-refractivity contribution < 1.29 is 19.4 Å². The average Bonchev–Trinajstić information content (AvgIpc) is 2.76. The highest BCUT2D eigenvalue weighted by molar-refractivity contribution is 5.85. The zero-order valence-electron chi connectivity index (χ0n) is 13.5. The van der Waals surface area contributed by atoms with Crippen LogP contribution in [0.3, 0.4) is 0 Å². The van der Waals surface area contributed by atoms with Crippen molar-refractivity contribution in [2.45, 2.75) is 45.7 Å². The zero-order valence-corrected chi connectivity index (χ0v) is 13.5. The van der Waals surface area contributed by atoms with Crippen LogP contribution in [0.5, 0.6) is 0 Å². The second kappa shape index (κ2) is 8.34. The Morgan fingerprint density at radius 3 is 2.62 bits per heavy atom. The fourth-order valence-electron chi connectivity index (χ4n) is 2.83. The SMILES string of the molecule is COC(=O)C(CC(C)C)NC(=O)CN1CCC(C)C1CO. The standard InChI is InChI=1S/C15H28N2O4/c1-10(2)7-12(15(20)21-4)16-14(19)8-17-6-5-11(3)13(17)9-18/h10-13,18H,5-9H2,1-4H3,(H,16,19). The highest BCUT2D eigenvalue weighted by atomic mass is 16.5. The summed E-state index contributed by atoms with van der Waals surface area (Å²) in [6, 6.07) is -0.576. The van der Waals surface area contributed by atoms with Crippen molar-refractivity contribution >= 4 is 11.9 Å². The number of hydrogen-bond acceptors (Lipinski definition) is 5. The molecule has 3 unspecified atom stereocenters. The Morgan fingerprint density at radius 1 is 1.43 bits per heavy atom. The third-order valence-electron chi connectivity index (χ3n) is 4.06. The Kier molecular flexibility index (Phi) is 7.11. The van der Waals surface area contributed by atoms with E-state index < -0.39 is 12.0 Å². The Labute approximate surface area is 126 Å². The van der Waals surface area contributed by atoms with Crippen molar-refractivity contribution in [3.8, 4) is 0 Å². The van der Waals surface area contributed by atoms with E-state index in [4.69, 9.17) is 4.74 Å². The van der Waals surface area contributed by atoms with E-state index in [1.165, 1.54) is 7.11 Å². The molecule has 0 saturated carbocycles. The number of carbonyl (C=O) groups is 2. The molecule has 0 bridgehead atoms. The number of ether oxygens (including phenoxy) is 1. The second-order valence-corrected chi connectivity index (χ2v) is 6.26. The maximum absolute atomic E-state index is 12.1. The van der Waals surface area contributed by atoms with E-state index in [-0.39, 0.29) is 31.0 Å². The molecule has 122 valence electrons. The maximum atomic E-state index is 12.1. The fraction of sp³-hybridized carbons (Fsp3) is 0.867. The van der Waals surface area contributed by atoms with Crippen LogP contribution in [0.2, 0.25) is 0 Å². The van der Waals surface area contributed by atoms with Gasteiger partial charge in [-0.15, -0.1) is 0 Å². The normalized spacial score (nSPS) is 24.1. The topological polar surface area (TPSA) is 78.9 Å². The van der Waals surface area contributed by atoms with Crippen LogP contribution in [-0.4, -0.2) is 60.8 Å².